The molecule has 3 aliphatic heterocycles. The lowest BCUT2D eigenvalue weighted by Crippen LogP contribution is -2.46. The number of ether oxygens (including phenoxy) is 2. The van der Waals surface area contributed by atoms with E-state index in [1.54, 1.807) is 29.2 Å². The molecule has 1 aromatic heterocycles. The molecule has 2 fully saturated rings. The Balaban J connectivity index is 1.21. The van der Waals surface area contributed by atoms with E-state index in [2.05, 4.69) is 10.6 Å². The molecule has 2 amide bonds. The van der Waals surface area contributed by atoms with Crippen molar-refractivity contribution in [3.05, 3.63) is 52.3 Å². The summed E-state index contributed by atoms with van der Waals surface area (Å²) in [5, 5.41) is 11.1. The van der Waals surface area contributed by atoms with Gasteiger partial charge in [-0.1, -0.05) is 13.0 Å². The first kappa shape index (κ1) is 26.4. The van der Waals surface area contributed by atoms with Crippen LogP contribution in [-0.2, 0) is 28.9 Å². The topological polar surface area (TPSA) is 115 Å². The van der Waals surface area contributed by atoms with E-state index >= 15 is 0 Å². The van der Waals surface area contributed by atoms with Gasteiger partial charge >= 0.3 is 5.97 Å². The molecule has 2 saturated heterocycles. The maximum atomic E-state index is 13.0. The molecule has 0 atom stereocenters. The lowest BCUT2D eigenvalue weighted by atomic mass is 9.76. The molecule has 2 N–H and O–H groups in total. The van der Waals surface area contributed by atoms with Crippen LogP contribution in [-0.4, -0.2) is 85.0 Å². The molecule has 0 radical (unpaired) electrons. The fourth-order valence-corrected chi connectivity index (χ4v) is 5.65. The van der Waals surface area contributed by atoms with Crippen LogP contribution >= 0.6 is 0 Å². The van der Waals surface area contributed by atoms with Gasteiger partial charge in [0.2, 0.25) is 0 Å². The quantitative estimate of drug-likeness (QED) is 0.420. The van der Waals surface area contributed by atoms with Gasteiger partial charge in [-0.3, -0.25) is 14.3 Å². The number of esters is 1. The monoisotopic (exact) mass is 523 g/mol. The molecular formula is C28H37N5O5. The maximum absolute atomic E-state index is 13.0. The highest BCUT2D eigenvalue weighted by molar-refractivity contribution is 5.98. The molecule has 1 aromatic carbocycles. The van der Waals surface area contributed by atoms with Crippen LogP contribution in [0.15, 0.2) is 24.3 Å². The molecule has 3 aliphatic rings. The molecule has 10 heteroatoms. The molecule has 10 nitrogen and oxygen atoms in total. The summed E-state index contributed by atoms with van der Waals surface area (Å²) < 4.78 is 13.1. The number of carbonyl (C=O) groups is 3. The van der Waals surface area contributed by atoms with E-state index in [9.17, 15) is 14.4 Å². The molecule has 1 spiro atoms. The Bertz CT molecular complexity index is 1180. The zero-order valence-corrected chi connectivity index (χ0v) is 22.1. The van der Waals surface area contributed by atoms with Crippen LogP contribution in [0, 0.1) is 5.41 Å². The van der Waals surface area contributed by atoms with Crippen molar-refractivity contribution >= 4 is 17.8 Å². The van der Waals surface area contributed by atoms with Gasteiger partial charge < -0.3 is 25.0 Å². The van der Waals surface area contributed by atoms with E-state index in [0.717, 1.165) is 43.7 Å². The van der Waals surface area contributed by atoms with Crippen LogP contribution < -0.4 is 10.6 Å². The SMILES string of the molecule is CCc1nn(CCCOC(=O)c2cccc(C(=O)N3CCNCC3)c2)c2c1C(=O)NCC1(CCOCC1)C2. The normalized spacial score (nSPS) is 19.0. The largest absolute Gasteiger partial charge is 0.462 e. The molecule has 0 unspecified atom stereocenters. The second-order valence-electron chi connectivity index (χ2n) is 10.4. The van der Waals surface area contributed by atoms with Gasteiger partial charge in [0, 0.05) is 64.5 Å². The van der Waals surface area contributed by atoms with Crippen molar-refractivity contribution in [3.8, 4) is 0 Å². The number of carbonyl (C=O) groups excluding carboxylic acids is 3. The van der Waals surface area contributed by atoms with Gasteiger partial charge in [-0.15, -0.1) is 0 Å². The number of piperazine rings is 1. The Morgan fingerprint density at radius 3 is 2.68 bits per heavy atom. The maximum Gasteiger partial charge on any atom is 0.338 e. The summed E-state index contributed by atoms with van der Waals surface area (Å²) in [6.07, 6.45) is 3.85. The molecule has 0 bridgehead atoms. The standard InChI is InChI=1S/C28H37N5O5/c1-2-22-24-23(18-28(19-30-25(24)34)7-15-37-16-8-28)33(31-22)11-4-14-38-27(36)21-6-3-5-20(17-21)26(35)32-12-9-29-10-13-32/h3,5-6,17,29H,2,4,7-16,18-19H2,1H3,(H,30,34). The number of benzene rings is 1. The summed E-state index contributed by atoms with van der Waals surface area (Å²) in [7, 11) is 0. The second kappa shape index (κ2) is 11.7. The van der Waals surface area contributed by atoms with Crippen molar-refractivity contribution < 1.29 is 23.9 Å². The number of nitrogens with one attached hydrogen (secondary N) is 2. The fourth-order valence-electron chi connectivity index (χ4n) is 5.65. The van der Waals surface area contributed by atoms with E-state index in [1.165, 1.54) is 0 Å². The van der Waals surface area contributed by atoms with Gasteiger partial charge in [-0.25, -0.2) is 4.79 Å². The molecule has 4 heterocycles. The molecular weight excluding hydrogens is 486 g/mol. The first-order valence-electron chi connectivity index (χ1n) is 13.7. The Morgan fingerprint density at radius 1 is 1.16 bits per heavy atom. The van der Waals surface area contributed by atoms with Crippen molar-refractivity contribution in [3.63, 3.8) is 0 Å². The minimum Gasteiger partial charge on any atom is -0.462 e. The molecule has 2 aromatic rings. The summed E-state index contributed by atoms with van der Waals surface area (Å²) in [5.41, 5.74) is 3.34. The Hall–Kier alpha value is -3.24. The summed E-state index contributed by atoms with van der Waals surface area (Å²) in [5.74, 6) is -0.569. The predicted molar refractivity (Wildman–Crippen MR) is 140 cm³/mol. The van der Waals surface area contributed by atoms with E-state index in [-0.39, 0.29) is 23.8 Å². The molecule has 204 valence electrons. The van der Waals surface area contributed by atoms with E-state index in [4.69, 9.17) is 14.6 Å². The van der Waals surface area contributed by atoms with Crippen molar-refractivity contribution in [1.82, 2.24) is 25.3 Å². The van der Waals surface area contributed by atoms with Gasteiger partial charge in [0.15, 0.2) is 0 Å². The van der Waals surface area contributed by atoms with Gasteiger partial charge in [0.1, 0.15) is 0 Å². The number of aromatic nitrogens is 2. The number of rotatable bonds is 7. The molecule has 38 heavy (non-hydrogen) atoms. The van der Waals surface area contributed by atoms with Crippen LogP contribution in [0.1, 0.15) is 68.6 Å². The highest BCUT2D eigenvalue weighted by Gasteiger charge is 2.39. The van der Waals surface area contributed by atoms with Gasteiger partial charge in [-0.05, 0) is 49.3 Å². The van der Waals surface area contributed by atoms with Crippen LogP contribution in [0.5, 0.6) is 0 Å². The van der Waals surface area contributed by atoms with Gasteiger partial charge in [0.05, 0.1) is 29.1 Å². The highest BCUT2D eigenvalue weighted by atomic mass is 16.5. The van der Waals surface area contributed by atoms with Crippen molar-refractivity contribution in [2.75, 3.05) is 52.5 Å². The molecule has 5 rings (SSSR count). The highest BCUT2D eigenvalue weighted by Crippen LogP contribution is 2.37. The number of aryl methyl sites for hydroxylation is 2. The second-order valence-corrected chi connectivity index (χ2v) is 10.4. The summed E-state index contributed by atoms with van der Waals surface area (Å²) >= 11 is 0. The smallest absolute Gasteiger partial charge is 0.338 e. The third-order valence-corrected chi connectivity index (χ3v) is 7.91. The first-order chi connectivity index (χ1) is 18.5. The van der Waals surface area contributed by atoms with Crippen molar-refractivity contribution in [2.45, 2.75) is 45.6 Å². The van der Waals surface area contributed by atoms with Crippen LogP contribution in [0.4, 0.5) is 0 Å². The summed E-state index contributed by atoms with van der Waals surface area (Å²) in [6, 6.07) is 6.73. The molecule has 0 aliphatic carbocycles. The summed E-state index contributed by atoms with van der Waals surface area (Å²) in [4.78, 5) is 40.3. The predicted octanol–water partition coefficient (Wildman–Crippen LogP) is 1.82. The van der Waals surface area contributed by atoms with E-state index < -0.39 is 5.97 Å². The zero-order chi connectivity index (χ0) is 26.5. The average Bonchev–Trinajstić information content (AvgIpc) is 3.24. The third kappa shape index (κ3) is 5.61. The molecule has 0 saturated carbocycles. The van der Waals surface area contributed by atoms with E-state index in [1.807, 2.05) is 11.6 Å². The Morgan fingerprint density at radius 2 is 1.92 bits per heavy atom. The number of fused-ring (bicyclic) bond motifs is 1. The average molecular weight is 524 g/mol. The minimum absolute atomic E-state index is 0.0123. The lowest BCUT2D eigenvalue weighted by molar-refractivity contribution is 0.0152. The summed E-state index contributed by atoms with van der Waals surface area (Å²) in [6.45, 7) is 7.70. The zero-order valence-electron chi connectivity index (χ0n) is 22.1. The number of hydrogen-bond acceptors (Lipinski definition) is 7. The minimum atomic E-state index is -0.450. The first-order valence-corrected chi connectivity index (χ1v) is 13.7. The van der Waals surface area contributed by atoms with E-state index in [0.29, 0.717) is 68.9 Å². The Kier molecular flexibility index (Phi) is 8.09. The van der Waals surface area contributed by atoms with Crippen molar-refractivity contribution in [1.29, 1.82) is 0 Å². The fraction of sp³-hybridized carbons (Fsp3) is 0.571. The Labute approximate surface area is 223 Å². The lowest BCUT2D eigenvalue weighted by Gasteiger charge is -2.36. The number of hydrogen-bond donors (Lipinski definition) is 2. The van der Waals surface area contributed by atoms with Gasteiger partial charge in [-0.2, -0.15) is 5.10 Å². The van der Waals surface area contributed by atoms with Crippen LogP contribution in [0.2, 0.25) is 0 Å². The van der Waals surface area contributed by atoms with Crippen LogP contribution in [0.25, 0.3) is 0 Å². The third-order valence-electron chi connectivity index (χ3n) is 7.91. The number of amides is 2. The van der Waals surface area contributed by atoms with Crippen LogP contribution in [0.3, 0.4) is 0 Å². The van der Waals surface area contributed by atoms with Crippen molar-refractivity contribution in [2.24, 2.45) is 5.41 Å². The number of nitrogens with zero attached hydrogens (tertiary/aromatic N) is 3. The van der Waals surface area contributed by atoms with Gasteiger partial charge in [0.25, 0.3) is 11.8 Å².